The molecule has 2 atom stereocenters. The highest BCUT2D eigenvalue weighted by Crippen LogP contribution is 2.47. The molecule has 0 saturated carbocycles. The zero-order chi connectivity index (χ0) is 25.3. The predicted octanol–water partition coefficient (Wildman–Crippen LogP) is 6.63. The predicted molar refractivity (Wildman–Crippen MR) is 148 cm³/mol. The van der Waals surface area contributed by atoms with Gasteiger partial charge in [-0.05, 0) is 81.3 Å². The van der Waals surface area contributed by atoms with Crippen molar-refractivity contribution in [2.75, 3.05) is 28.6 Å². The van der Waals surface area contributed by atoms with Crippen LogP contribution in [-0.4, -0.2) is 34.6 Å². The van der Waals surface area contributed by atoms with Crippen molar-refractivity contribution in [3.05, 3.63) is 58.5 Å². The smallest absolute Gasteiger partial charge is 0.309 e. The lowest BCUT2D eigenvalue weighted by Crippen LogP contribution is -2.34. The fraction of sp³-hybridized carbons (Fsp3) is 0.464. The number of aromatic nitrogens is 2. The molecule has 1 aliphatic carbocycles. The molecule has 8 heteroatoms. The Kier molecular flexibility index (Phi) is 7.06. The number of carbonyl (C=O) groups excluding carboxylic acids is 1. The van der Waals surface area contributed by atoms with Crippen molar-refractivity contribution in [1.29, 1.82) is 0 Å². The van der Waals surface area contributed by atoms with Gasteiger partial charge in [-0.25, -0.2) is 9.97 Å². The fourth-order valence-electron chi connectivity index (χ4n) is 5.15. The van der Waals surface area contributed by atoms with Crippen LogP contribution in [0.4, 0.5) is 23.0 Å². The molecule has 2 aromatic rings. The number of allylic oxidation sites excluding steroid dienone is 4. The lowest BCUT2D eigenvalue weighted by Gasteiger charge is -2.31. The van der Waals surface area contributed by atoms with Gasteiger partial charge in [-0.2, -0.15) is 0 Å². The van der Waals surface area contributed by atoms with Gasteiger partial charge in [-0.3, -0.25) is 4.79 Å². The van der Waals surface area contributed by atoms with Gasteiger partial charge < -0.3 is 20.3 Å². The molecule has 0 amide bonds. The van der Waals surface area contributed by atoms with Crippen LogP contribution in [0.25, 0.3) is 0 Å². The highest BCUT2D eigenvalue weighted by molar-refractivity contribution is 9.11. The molecule has 3 heterocycles. The molecule has 2 unspecified atom stereocenters. The normalized spacial score (nSPS) is 21.7. The average Bonchev–Trinajstić information content (AvgIpc) is 3.17. The van der Waals surface area contributed by atoms with Crippen LogP contribution >= 0.6 is 15.9 Å². The summed E-state index contributed by atoms with van der Waals surface area (Å²) in [6.45, 7) is 7.65. The average molecular weight is 553 g/mol. The summed E-state index contributed by atoms with van der Waals surface area (Å²) in [6.07, 6.45) is 10.5. The van der Waals surface area contributed by atoms with Gasteiger partial charge in [0.15, 0.2) is 0 Å². The number of fused-ring (bicyclic) bond motifs is 3. The highest BCUT2D eigenvalue weighted by Gasteiger charge is 2.33. The molecule has 36 heavy (non-hydrogen) atoms. The number of nitrogens with one attached hydrogen (secondary N) is 2. The first-order chi connectivity index (χ1) is 17.3. The minimum Gasteiger partial charge on any atom is -0.460 e. The van der Waals surface area contributed by atoms with E-state index in [1.807, 2.05) is 20.8 Å². The van der Waals surface area contributed by atoms with Crippen LogP contribution in [-0.2, 0) is 9.53 Å². The molecule has 1 aromatic carbocycles. The van der Waals surface area contributed by atoms with E-state index in [4.69, 9.17) is 4.74 Å². The van der Waals surface area contributed by atoms with Gasteiger partial charge in [0.2, 0.25) is 0 Å². The minimum absolute atomic E-state index is 0.0324. The Balaban J connectivity index is 1.26. The molecule has 1 saturated heterocycles. The highest BCUT2D eigenvalue weighted by atomic mass is 79.9. The number of ether oxygens (including phenoxy) is 1. The van der Waals surface area contributed by atoms with E-state index in [1.54, 1.807) is 6.33 Å². The lowest BCUT2D eigenvalue weighted by atomic mass is 9.93. The minimum atomic E-state index is -0.441. The largest absolute Gasteiger partial charge is 0.460 e. The standard InChI is InChI=1S/C28H34BrN5O2/c1-28(2,3)36-27(35)18-6-4-5-14-34(15-13-18)21-10-8-20(9-11-21)32-25-24-22-16-19(29)7-12-23(22)33-26(24)31-17-30-25/h7-12,17-18,22H,4-6,13-16H2,1-3H3,(H2,30,31,32,33). The van der Waals surface area contributed by atoms with E-state index in [-0.39, 0.29) is 17.8 Å². The number of nitrogens with zero attached hydrogens (tertiary/aromatic N) is 3. The third-order valence-electron chi connectivity index (χ3n) is 6.93. The second-order valence-corrected chi connectivity index (χ2v) is 11.8. The molecule has 1 aromatic heterocycles. The van der Waals surface area contributed by atoms with E-state index >= 15 is 0 Å². The second-order valence-electron chi connectivity index (χ2n) is 10.8. The monoisotopic (exact) mass is 551 g/mol. The molecule has 0 radical (unpaired) electrons. The third kappa shape index (κ3) is 5.59. The number of benzene rings is 1. The van der Waals surface area contributed by atoms with Crippen LogP contribution < -0.4 is 15.5 Å². The number of anilines is 4. The van der Waals surface area contributed by atoms with Crippen LogP contribution in [0.15, 0.2) is 52.9 Å². The molecule has 0 bridgehead atoms. The molecular weight excluding hydrogens is 518 g/mol. The topological polar surface area (TPSA) is 79.4 Å². The van der Waals surface area contributed by atoms with Gasteiger partial charge in [0.1, 0.15) is 23.6 Å². The molecule has 1 fully saturated rings. The van der Waals surface area contributed by atoms with Gasteiger partial charge in [0, 0.05) is 41.6 Å². The van der Waals surface area contributed by atoms with Crippen molar-refractivity contribution in [1.82, 2.24) is 9.97 Å². The third-order valence-corrected chi connectivity index (χ3v) is 7.51. The van der Waals surface area contributed by atoms with Gasteiger partial charge in [0.25, 0.3) is 0 Å². The molecule has 5 rings (SSSR count). The summed E-state index contributed by atoms with van der Waals surface area (Å²) in [4.78, 5) is 24.1. The molecule has 190 valence electrons. The summed E-state index contributed by atoms with van der Waals surface area (Å²) in [5, 5.41) is 6.95. The molecular formula is C28H34BrN5O2. The quantitative estimate of drug-likeness (QED) is 0.412. The Morgan fingerprint density at radius 3 is 2.69 bits per heavy atom. The van der Waals surface area contributed by atoms with Crippen molar-refractivity contribution in [2.24, 2.45) is 5.92 Å². The molecule has 2 N–H and O–H groups in total. The summed E-state index contributed by atoms with van der Waals surface area (Å²) < 4.78 is 6.84. The van der Waals surface area contributed by atoms with Gasteiger partial charge >= 0.3 is 5.97 Å². The zero-order valence-corrected chi connectivity index (χ0v) is 22.8. The first-order valence-electron chi connectivity index (χ1n) is 12.8. The number of halogens is 1. The summed E-state index contributed by atoms with van der Waals surface area (Å²) >= 11 is 3.65. The Hall–Kier alpha value is -2.87. The van der Waals surface area contributed by atoms with Crippen LogP contribution in [0, 0.1) is 5.92 Å². The van der Waals surface area contributed by atoms with Crippen molar-refractivity contribution >= 4 is 44.9 Å². The van der Waals surface area contributed by atoms with Crippen LogP contribution in [0.3, 0.4) is 0 Å². The SMILES string of the molecule is CC(C)(C)OC(=O)C1CCCCN(c2ccc(Nc3ncnc4c3C3CC(Br)=CC=C3N4)cc2)CC1. The number of rotatable bonds is 4. The first kappa shape index (κ1) is 24.8. The molecule has 2 aliphatic heterocycles. The van der Waals surface area contributed by atoms with Crippen molar-refractivity contribution in [2.45, 2.75) is 64.4 Å². The summed E-state index contributed by atoms with van der Waals surface area (Å²) in [5.41, 5.74) is 3.99. The lowest BCUT2D eigenvalue weighted by molar-refractivity contribution is -0.160. The van der Waals surface area contributed by atoms with E-state index in [9.17, 15) is 4.79 Å². The Morgan fingerprint density at radius 2 is 1.92 bits per heavy atom. The first-order valence-corrected chi connectivity index (χ1v) is 13.6. The van der Waals surface area contributed by atoms with Crippen molar-refractivity contribution < 1.29 is 9.53 Å². The second kappa shape index (κ2) is 10.2. The van der Waals surface area contributed by atoms with E-state index in [0.717, 1.165) is 73.8 Å². The number of carbonyl (C=O) groups is 1. The van der Waals surface area contributed by atoms with E-state index in [0.29, 0.717) is 0 Å². The number of esters is 1. The maximum Gasteiger partial charge on any atom is 0.309 e. The maximum atomic E-state index is 12.7. The van der Waals surface area contributed by atoms with Crippen LogP contribution in [0.2, 0.25) is 0 Å². The van der Waals surface area contributed by atoms with Crippen molar-refractivity contribution in [3.63, 3.8) is 0 Å². The summed E-state index contributed by atoms with van der Waals surface area (Å²) in [5.74, 6) is 1.84. The maximum absolute atomic E-state index is 12.7. The summed E-state index contributed by atoms with van der Waals surface area (Å²) in [7, 11) is 0. The number of hydrogen-bond donors (Lipinski definition) is 2. The Bertz CT molecular complexity index is 1190. The van der Waals surface area contributed by atoms with E-state index < -0.39 is 5.60 Å². The molecule has 7 nitrogen and oxygen atoms in total. The van der Waals surface area contributed by atoms with Crippen LogP contribution in [0.5, 0.6) is 0 Å². The molecule has 0 spiro atoms. The zero-order valence-electron chi connectivity index (χ0n) is 21.2. The van der Waals surface area contributed by atoms with E-state index in [1.165, 1.54) is 10.2 Å². The van der Waals surface area contributed by atoms with Crippen molar-refractivity contribution in [3.8, 4) is 0 Å². The van der Waals surface area contributed by atoms with E-state index in [2.05, 4.69) is 77.8 Å². The Morgan fingerprint density at radius 1 is 1.11 bits per heavy atom. The van der Waals surface area contributed by atoms with Crippen LogP contribution in [0.1, 0.15) is 64.4 Å². The fourth-order valence-corrected chi connectivity index (χ4v) is 5.61. The van der Waals surface area contributed by atoms with Gasteiger partial charge in [0.05, 0.1) is 5.92 Å². The Labute approximate surface area is 221 Å². The van der Waals surface area contributed by atoms with Gasteiger partial charge in [-0.1, -0.05) is 28.4 Å². The molecule has 3 aliphatic rings. The summed E-state index contributed by atoms with van der Waals surface area (Å²) in [6, 6.07) is 8.50. The van der Waals surface area contributed by atoms with Gasteiger partial charge in [-0.15, -0.1) is 0 Å². The number of hydrogen-bond acceptors (Lipinski definition) is 7.